The molecular weight excluding hydrogens is 350 g/mol. The van der Waals surface area contributed by atoms with Crippen molar-refractivity contribution >= 4 is 17.5 Å². The molecule has 1 fully saturated rings. The fourth-order valence-corrected chi connectivity index (χ4v) is 3.59. The number of H-pyrrole nitrogens is 1. The number of nitrogen functional groups attached to an aromatic ring is 2. The van der Waals surface area contributed by atoms with Gasteiger partial charge in [-0.1, -0.05) is 0 Å². The van der Waals surface area contributed by atoms with Crippen molar-refractivity contribution in [2.24, 2.45) is 0 Å². The maximum atomic E-state index is 12.2. The Morgan fingerprint density at radius 2 is 1.67 bits per heavy atom. The molecule has 1 saturated heterocycles. The topological polar surface area (TPSA) is 129 Å². The van der Waals surface area contributed by atoms with Gasteiger partial charge in [0.05, 0.1) is 26.9 Å². The lowest BCUT2D eigenvalue weighted by Crippen LogP contribution is -2.35. The van der Waals surface area contributed by atoms with Crippen LogP contribution in [0, 0.1) is 0 Å². The van der Waals surface area contributed by atoms with Crippen molar-refractivity contribution in [3.05, 3.63) is 28.0 Å². The summed E-state index contributed by atoms with van der Waals surface area (Å²) in [5.74, 6) is 2.07. The molecule has 9 heteroatoms. The molecule has 1 aromatic heterocycles. The van der Waals surface area contributed by atoms with Gasteiger partial charge in [0, 0.05) is 30.9 Å². The molecule has 0 radical (unpaired) electrons. The van der Waals surface area contributed by atoms with E-state index in [9.17, 15) is 4.79 Å². The highest BCUT2D eigenvalue weighted by Gasteiger charge is 2.26. The predicted octanol–water partition coefficient (Wildman–Crippen LogP) is 1.34. The lowest BCUT2D eigenvalue weighted by molar-refractivity contribution is 0.324. The van der Waals surface area contributed by atoms with E-state index in [1.54, 1.807) is 21.3 Å². The zero-order valence-corrected chi connectivity index (χ0v) is 15.7. The summed E-state index contributed by atoms with van der Waals surface area (Å²) in [6.45, 7) is 1.51. The number of nitrogens with one attached hydrogen (secondary N) is 1. The Hall–Kier alpha value is -3.10. The van der Waals surface area contributed by atoms with Crippen LogP contribution in [-0.2, 0) is 0 Å². The third-order valence-electron chi connectivity index (χ3n) is 4.92. The highest BCUT2D eigenvalue weighted by molar-refractivity contribution is 5.64. The number of aromatic nitrogens is 2. The van der Waals surface area contributed by atoms with Gasteiger partial charge in [-0.3, -0.25) is 9.78 Å². The summed E-state index contributed by atoms with van der Waals surface area (Å²) in [6.07, 6.45) is 1.55. The number of rotatable bonds is 5. The van der Waals surface area contributed by atoms with Gasteiger partial charge in [-0.25, -0.2) is 0 Å². The van der Waals surface area contributed by atoms with E-state index in [0.29, 0.717) is 22.8 Å². The van der Waals surface area contributed by atoms with Crippen molar-refractivity contribution in [1.82, 2.24) is 9.97 Å². The molecule has 9 nitrogen and oxygen atoms in total. The summed E-state index contributed by atoms with van der Waals surface area (Å²) in [6, 6.07) is 3.85. The second-order valence-electron chi connectivity index (χ2n) is 6.39. The van der Waals surface area contributed by atoms with E-state index >= 15 is 0 Å². The molecule has 1 aliphatic heterocycles. The van der Waals surface area contributed by atoms with E-state index in [1.807, 2.05) is 12.1 Å². The van der Waals surface area contributed by atoms with Crippen LogP contribution in [0.15, 0.2) is 16.9 Å². The number of ether oxygens (including phenoxy) is 3. The van der Waals surface area contributed by atoms with E-state index in [2.05, 4.69) is 14.9 Å². The zero-order chi connectivity index (χ0) is 19.6. The van der Waals surface area contributed by atoms with Crippen molar-refractivity contribution in [3.63, 3.8) is 0 Å². The number of hydrogen-bond donors (Lipinski definition) is 3. The number of nitrogens with two attached hydrogens (primary N) is 2. The van der Waals surface area contributed by atoms with Crippen molar-refractivity contribution in [2.75, 3.05) is 50.8 Å². The van der Waals surface area contributed by atoms with Gasteiger partial charge in [0.2, 0.25) is 11.7 Å². The summed E-state index contributed by atoms with van der Waals surface area (Å²) in [7, 11) is 4.76. The van der Waals surface area contributed by atoms with Gasteiger partial charge in [-0.05, 0) is 18.8 Å². The molecule has 0 amide bonds. The molecule has 2 aromatic rings. The minimum Gasteiger partial charge on any atom is -0.493 e. The number of methoxy groups -OCH3 is 3. The van der Waals surface area contributed by atoms with Crippen LogP contribution in [-0.4, -0.2) is 44.4 Å². The Morgan fingerprint density at radius 3 is 2.15 bits per heavy atom. The predicted molar refractivity (Wildman–Crippen MR) is 104 cm³/mol. The molecule has 0 aliphatic carbocycles. The molecule has 2 heterocycles. The monoisotopic (exact) mass is 375 g/mol. The van der Waals surface area contributed by atoms with Crippen molar-refractivity contribution in [2.45, 2.75) is 18.8 Å². The zero-order valence-electron chi connectivity index (χ0n) is 15.7. The third-order valence-corrected chi connectivity index (χ3v) is 4.92. The summed E-state index contributed by atoms with van der Waals surface area (Å²) in [5, 5.41) is 0. The first-order valence-corrected chi connectivity index (χ1v) is 8.68. The molecular formula is C18H25N5O4. The molecule has 0 saturated carbocycles. The van der Waals surface area contributed by atoms with Crippen LogP contribution in [0.3, 0.4) is 0 Å². The average molecular weight is 375 g/mol. The molecule has 1 aromatic carbocycles. The quantitative estimate of drug-likeness (QED) is 0.714. The number of nitrogens with zero attached hydrogens (tertiary/aromatic N) is 2. The van der Waals surface area contributed by atoms with Gasteiger partial charge in [0.25, 0.3) is 5.56 Å². The van der Waals surface area contributed by atoms with E-state index in [0.717, 1.165) is 31.6 Å². The van der Waals surface area contributed by atoms with Crippen molar-refractivity contribution in [1.29, 1.82) is 0 Å². The summed E-state index contributed by atoms with van der Waals surface area (Å²) in [4.78, 5) is 21.0. The summed E-state index contributed by atoms with van der Waals surface area (Å²) in [5.41, 5.74) is 12.7. The molecule has 0 spiro atoms. The molecule has 27 heavy (non-hydrogen) atoms. The largest absolute Gasteiger partial charge is 0.493 e. The Balaban J connectivity index is 1.81. The van der Waals surface area contributed by atoms with E-state index < -0.39 is 0 Å². The van der Waals surface area contributed by atoms with Crippen molar-refractivity contribution in [3.8, 4) is 17.2 Å². The molecule has 0 atom stereocenters. The first kappa shape index (κ1) is 18.7. The van der Waals surface area contributed by atoms with Crippen LogP contribution in [0.5, 0.6) is 17.2 Å². The van der Waals surface area contributed by atoms with Crippen LogP contribution in [0.2, 0.25) is 0 Å². The van der Waals surface area contributed by atoms with Gasteiger partial charge >= 0.3 is 0 Å². The molecule has 0 unspecified atom stereocenters. The Morgan fingerprint density at radius 1 is 1.07 bits per heavy atom. The number of hydrogen-bond acceptors (Lipinski definition) is 8. The van der Waals surface area contributed by atoms with Gasteiger partial charge in [-0.2, -0.15) is 4.98 Å². The third kappa shape index (κ3) is 3.57. The average Bonchev–Trinajstić information content (AvgIpc) is 2.66. The van der Waals surface area contributed by atoms with E-state index in [1.165, 1.54) is 0 Å². The lowest BCUT2D eigenvalue weighted by Gasteiger charge is -2.34. The first-order valence-electron chi connectivity index (χ1n) is 8.68. The number of aromatic amines is 1. The van der Waals surface area contributed by atoms with Crippen LogP contribution in [0.25, 0.3) is 0 Å². The lowest BCUT2D eigenvalue weighted by atomic mass is 9.90. The summed E-state index contributed by atoms with van der Waals surface area (Å²) < 4.78 is 16.2. The second kappa shape index (κ2) is 7.65. The molecule has 5 N–H and O–H groups in total. The molecule has 1 aliphatic rings. The van der Waals surface area contributed by atoms with Gasteiger partial charge < -0.3 is 30.6 Å². The smallest absolute Gasteiger partial charge is 0.257 e. The standard InChI is InChI=1S/C18H25N5O4/c1-25-12-8-11(9-13(26-2)15(12)27-3)23-6-4-10(5-7-23)14-16(19)21-18(20)22-17(14)24/h8-10H,4-7H2,1-3H3,(H5,19,20,21,22,24). The van der Waals surface area contributed by atoms with Crippen LogP contribution in [0.4, 0.5) is 17.5 Å². The van der Waals surface area contributed by atoms with Gasteiger partial charge in [0.15, 0.2) is 11.5 Å². The Bertz CT molecular complexity index is 850. The number of anilines is 3. The van der Waals surface area contributed by atoms with Crippen LogP contribution >= 0.6 is 0 Å². The number of benzene rings is 1. The highest BCUT2D eigenvalue weighted by Crippen LogP contribution is 2.42. The second-order valence-corrected chi connectivity index (χ2v) is 6.39. The van der Waals surface area contributed by atoms with Gasteiger partial charge in [0.1, 0.15) is 5.82 Å². The van der Waals surface area contributed by atoms with Crippen LogP contribution in [0.1, 0.15) is 24.3 Å². The normalized spacial score (nSPS) is 14.9. The maximum Gasteiger partial charge on any atom is 0.257 e. The molecule has 146 valence electrons. The van der Waals surface area contributed by atoms with Gasteiger partial charge in [-0.15, -0.1) is 0 Å². The SMILES string of the molecule is COc1cc(N2CCC(c3c(N)nc(N)[nH]c3=O)CC2)cc(OC)c1OC. The van der Waals surface area contributed by atoms with E-state index in [-0.39, 0.29) is 23.2 Å². The first-order chi connectivity index (χ1) is 13.0. The summed E-state index contributed by atoms with van der Waals surface area (Å²) >= 11 is 0. The minimum atomic E-state index is -0.258. The molecule has 3 rings (SSSR count). The van der Waals surface area contributed by atoms with E-state index in [4.69, 9.17) is 25.7 Å². The Kier molecular flexibility index (Phi) is 5.29. The maximum absolute atomic E-state index is 12.2. The Labute approximate surface area is 157 Å². The highest BCUT2D eigenvalue weighted by atomic mass is 16.5. The minimum absolute atomic E-state index is 0.0381. The fourth-order valence-electron chi connectivity index (χ4n) is 3.59. The fraction of sp³-hybridized carbons (Fsp3) is 0.444. The molecule has 0 bridgehead atoms. The number of piperidine rings is 1. The van der Waals surface area contributed by atoms with Crippen LogP contribution < -0.4 is 36.1 Å². The van der Waals surface area contributed by atoms with Crippen molar-refractivity contribution < 1.29 is 14.2 Å².